The van der Waals surface area contributed by atoms with Gasteiger partial charge in [-0.1, -0.05) is 15.9 Å². The highest BCUT2D eigenvalue weighted by Gasteiger charge is 2.09. The van der Waals surface area contributed by atoms with E-state index < -0.39 is 0 Å². The third-order valence-corrected chi connectivity index (χ3v) is 3.63. The molecule has 19 heavy (non-hydrogen) atoms. The molecular weight excluding hydrogens is 374 g/mol. The summed E-state index contributed by atoms with van der Waals surface area (Å²) in [5.41, 5.74) is 0.654. The fourth-order valence-corrected chi connectivity index (χ4v) is 2.74. The zero-order valence-corrected chi connectivity index (χ0v) is 14.4. The summed E-state index contributed by atoms with van der Waals surface area (Å²) < 4.78 is 7.18. The number of amides is 1. The normalized spacial score (nSPS) is 10.8. The van der Waals surface area contributed by atoms with E-state index in [0.717, 1.165) is 28.4 Å². The first-order valence-electron chi connectivity index (χ1n) is 6.35. The summed E-state index contributed by atoms with van der Waals surface area (Å²) in [5, 5.41) is 2.91. The predicted molar refractivity (Wildman–Crippen MR) is 84.5 cm³/mol. The summed E-state index contributed by atoms with van der Waals surface area (Å²) in [7, 11) is 0. The first kappa shape index (κ1) is 16.7. The van der Waals surface area contributed by atoms with Crippen molar-refractivity contribution < 1.29 is 9.53 Å². The molecule has 0 saturated heterocycles. The first-order valence-corrected chi connectivity index (χ1v) is 7.94. The quantitative estimate of drug-likeness (QED) is 0.708. The molecule has 0 aliphatic rings. The van der Waals surface area contributed by atoms with E-state index in [1.165, 1.54) is 0 Å². The van der Waals surface area contributed by atoms with Crippen LogP contribution in [0.2, 0.25) is 0 Å². The van der Waals surface area contributed by atoms with Gasteiger partial charge in [0.2, 0.25) is 0 Å². The van der Waals surface area contributed by atoms with Crippen molar-refractivity contribution in [2.24, 2.45) is 0 Å². The van der Waals surface area contributed by atoms with Crippen LogP contribution in [-0.4, -0.2) is 25.2 Å². The number of hydrogen-bond donors (Lipinski definition) is 1. The van der Waals surface area contributed by atoms with Gasteiger partial charge in [0.05, 0.1) is 11.7 Å². The van der Waals surface area contributed by atoms with Gasteiger partial charge in [-0.2, -0.15) is 0 Å². The minimum absolute atomic E-state index is 0.0517. The van der Waals surface area contributed by atoms with Crippen LogP contribution in [0.3, 0.4) is 0 Å². The Hall–Kier alpha value is -0.390. The lowest BCUT2D eigenvalue weighted by molar-refractivity contribution is 0.0754. The number of nitrogens with one attached hydrogen (secondary N) is 1. The SMILES string of the molecule is CC(C)OCCCCNC(=O)c1ccc(Br)cc1Br. The minimum atomic E-state index is -0.0517. The summed E-state index contributed by atoms with van der Waals surface area (Å²) in [5.74, 6) is -0.0517. The molecule has 0 aromatic heterocycles. The Bertz CT molecular complexity index is 422. The predicted octanol–water partition coefficient (Wildman–Crippen LogP) is 4.15. The number of hydrogen-bond acceptors (Lipinski definition) is 2. The van der Waals surface area contributed by atoms with E-state index in [2.05, 4.69) is 37.2 Å². The number of unbranched alkanes of at least 4 members (excludes halogenated alkanes) is 1. The molecule has 0 fully saturated rings. The maximum absolute atomic E-state index is 11.9. The maximum Gasteiger partial charge on any atom is 0.252 e. The topological polar surface area (TPSA) is 38.3 Å². The van der Waals surface area contributed by atoms with Crippen LogP contribution in [0.5, 0.6) is 0 Å². The summed E-state index contributed by atoms with van der Waals surface area (Å²) in [6.07, 6.45) is 2.15. The Labute approximate surface area is 131 Å². The van der Waals surface area contributed by atoms with Crippen molar-refractivity contribution in [2.45, 2.75) is 32.8 Å². The molecule has 0 saturated carbocycles. The second-order valence-corrected chi connectivity index (χ2v) is 6.28. The monoisotopic (exact) mass is 391 g/mol. The van der Waals surface area contributed by atoms with Crippen LogP contribution in [0, 0.1) is 0 Å². The number of ether oxygens (including phenoxy) is 1. The molecule has 0 heterocycles. The van der Waals surface area contributed by atoms with Crippen LogP contribution < -0.4 is 5.32 Å². The van der Waals surface area contributed by atoms with Crippen LogP contribution in [0.15, 0.2) is 27.1 Å². The minimum Gasteiger partial charge on any atom is -0.379 e. The van der Waals surface area contributed by atoms with Gasteiger partial charge in [-0.3, -0.25) is 4.79 Å². The molecule has 0 aliphatic carbocycles. The Morgan fingerprint density at radius 2 is 2.05 bits per heavy atom. The molecule has 0 unspecified atom stereocenters. The Morgan fingerprint density at radius 3 is 2.68 bits per heavy atom. The third-order valence-electron chi connectivity index (χ3n) is 2.48. The molecule has 0 aliphatic heterocycles. The van der Waals surface area contributed by atoms with Crippen LogP contribution in [0.4, 0.5) is 0 Å². The van der Waals surface area contributed by atoms with Crippen molar-refractivity contribution in [1.29, 1.82) is 0 Å². The first-order chi connectivity index (χ1) is 9.00. The van der Waals surface area contributed by atoms with Gasteiger partial charge < -0.3 is 10.1 Å². The summed E-state index contributed by atoms with van der Waals surface area (Å²) in [6.45, 7) is 5.46. The Balaban J connectivity index is 2.28. The molecule has 0 spiro atoms. The number of halogens is 2. The van der Waals surface area contributed by atoms with Crippen LogP contribution in [0.25, 0.3) is 0 Å². The van der Waals surface area contributed by atoms with Gasteiger partial charge in [0, 0.05) is 22.1 Å². The van der Waals surface area contributed by atoms with Crippen LogP contribution in [-0.2, 0) is 4.74 Å². The van der Waals surface area contributed by atoms with Crippen molar-refractivity contribution in [1.82, 2.24) is 5.32 Å². The van der Waals surface area contributed by atoms with Gasteiger partial charge in [-0.25, -0.2) is 0 Å². The highest BCUT2D eigenvalue weighted by atomic mass is 79.9. The molecule has 3 nitrogen and oxygen atoms in total. The average molecular weight is 393 g/mol. The van der Waals surface area contributed by atoms with E-state index in [9.17, 15) is 4.79 Å². The van der Waals surface area contributed by atoms with E-state index >= 15 is 0 Å². The number of carbonyl (C=O) groups is 1. The van der Waals surface area contributed by atoms with Crippen LogP contribution in [0.1, 0.15) is 37.0 Å². The highest BCUT2D eigenvalue weighted by Crippen LogP contribution is 2.21. The smallest absolute Gasteiger partial charge is 0.252 e. The van der Waals surface area contributed by atoms with Gasteiger partial charge in [0.15, 0.2) is 0 Å². The molecule has 106 valence electrons. The zero-order chi connectivity index (χ0) is 14.3. The zero-order valence-electron chi connectivity index (χ0n) is 11.2. The fourth-order valence-electron chi connectivity index (χ4n) is 1.52. The van der Waals surface area contributed by atoms with Crippen molar-refractivity contribution in [2.75, 3.05) is 13.2 Å². The Morgan fingerprint density at radius 1 is 1.32 bits per heavy atom. The molecule has 1 rings (SSSR count). The largest absolute Gasteiger partial charge is 0.379 e. The standard InChI is InChI=1S/C14H19Br2NO2/c1-10(2)19-8-4-3-7-17-14(18)12-6-5-11(15)9-13(12)16/h5-6,9-10H,3-4,7-8H2,1-2H3,(H,17,18). The second-order valence-electron chi connectivity index (χ2n) is 4.51. The third kappa shape index (κ3) is 6.54. The number of rotatable bonds is 7. The molecule has 1 aromatic carbocycles. The lowest BCUT2D eigenvalue weighted by atomic mass is 10.2. The van der Waals surface area contributed by atoms with E-state index in [1.807, 2.05) is 26.0 Å². The van der Waals surface area contributed by atoms with Gasteiger partial charge in [-0.15, -0.1) is 0 Å². The van der Waals surface area contributed by atoms with Crippen molar-refractivity contribution in [3.05, 3.63) is 32.7 Å². The lowest BCUT2D eigenvalue weighted by Crippen LogP contribution is -2.25. The van der Waals surface area contributed by atoms with E-state index in [1.54, 1.807) is 6.07 Å². The fraction of sp³-hybridized carbons (Fsp3) is 0.500. The number of benzene rings is 1. The molecule has 5 heteroatoms. The molecule has 1 amide bonds. The maximum atomic E-state index is 11.9. The summed E-state index contributed by atoms with van der Waals surface area (Å²) >= 11 is 6.75. The molecule has 0 atom stereocenters. The molecule has 0 radical (unpaired) electrons. The van der Waals surface area contributed by atoms with Gasteiger partial charge in [-0.05, 0) is 60.8 Å². The molecular formula is C14H19Br2NO2. The Kier molecular flexibility index (Phi) is 7.64. The van der Waals surface area contributed by atoms with Gasteiger partial charge in [0.25, 0.3) is 5.91 Å². The molecule has 1 aromatic rings. The number of carbonyl (C=O) groups excluding carboxylic acids is 1. The van der Waals surface area contributed by atoms with Gasteiger partial charge >= 0.3 is 0 Å². The van der Waals surface area contributed by atoms with E-state index in [0.29, 0.717) is 12.1 Å². The van der Waals surface area contributed by atoms with Crippen molar-refractivity contribution >= 4 is 37.8 Å². The molecule has 1 N–H and O–H groups in total. The summed E-state index contributed by atoms with van der Waals surface area (Å²) in [6, 6.07) is 5.52. The van der Waals surface area contributed by atoms with Crippen LogP contribution >= 0.6 is 31.9 Å². The van der Waals surface area contributed by atoms with Gasteiger partial charge in [0.1, 0.15) is 0 Å². The summed E-state index contributed by atoms with van der Waals surface area (Å²) in [4.78, 5) is 11.9. The van der Waals surface area contributed by atoms with Crippen molar-refractivity contribution in [3.63, 3.8) is 0 Å². The lowest BCUT2D eigenvalue weighted by Gasteiger charge is -2.09. The van der Waals surface area contributed by atoms with E-state index in [-0.39, 0.29) is 12.0 Å². The van der Waals surface area contributed by atoms with Crippen molar-refractivity contribution in [3.8, 4) is 0 Å². The average Bonchev–Trinajstić information content (AvgIpc) is 2.32. The highest BCUT2D eigenvalue weighted by molar-refractivity contribution is 9.11. The van der Waals surface area contributed by atoms with E-state index in [4.69, 9.17) is 4.74 Å². The molecule has 0 bridgehead atoms. The second kappa shape index (κ2) is 8.72.